The van der Waals surface area contributed by atoms with E-state index in [1.807, 2.05) is 0 Å². The third-order valence-electron chi connectivity index (χ3n) is 2.00. The number of amides is 1. The van der Waals surface area contributed by atoms with Crippen LogP contribution in [0.1, 0.15) is 16.1 Å². The zero-order valence-electron chi connectivity index (χ0n) is 8.38. The van der Waals surface area contributed by atoms with Crippen LogP contribution in [-0.4, -0.2) is 16.0 Å². The molecule has 0 spiro atoms. The lowest BCUT2D eigenvalue weighted by atomic mass is 10.2. The van der Waals surface area contributed by atoms with Crippen molar-refractivity contribution in [3.8, 4) is 0 Å². The molecule has 0 aliphatic carbocycles. The van der Waals surface area contributed by atoms with Crippen LogP contribution in [0.15, 0.2) is 35.2 Å². The highest BCUT2D eigenvalue weighted by Crippen LogP contribution is 2.06. The predicted octanol–water partition coefficient (Wildman–Crippen LogP) is 0.582. The Morgan fingerprint density at radius 1 is 1.50 bits per heavy atom. The molecule has 0 aliphatic rings. The van der Waals surface area contributed by atoms with E-state index in [4.69, 9.17) is 5.73 Å². The molecule has 2 rings (SSSR count). The van der Waals surface area contributed by atoms with Gasteiger partial charge in [0.2, 0.25) is 0 Å². The highest BCUT2D eigenvalue weighted by Gasteiger charge is 2.09. The van der Waals surface area contributed by atoms with E-state index < -0.39 is 0 Å². The van der Waals surface area contributed by atoms with Crippen LogP contribution in [0.4, 0.5) is 5.82 Å². The Morgan fingerprint density at radius 3 is 3.06 bits per heavy atom. The van der Waals surface area contributed by atoms with Gasteiger partial charge in [-0.2, -0.15) is 0 Å². The van der Waals surface area contributed by atoms with E-state index in [1.165, 1.54) is 12.5 Å². The molecule has 0 atom stereocenters. The van der Waals surface area contributed by atoms with Gasteiger partial charge in [0.05, 0.1) is 12.1 Å². The quantitative estimate of drug-likeness (QED) is 0.785. The highest BCUT2D eigenvalue weighted by atomic mass is 16.5. The van der Waals surface area contributed by atoms with Crippen LogP contribution in [0.2, 0.25) is 0 Å². The summed E-state index contributed by atoms with van der Waals surface area (Å²) in [6.07, 6.45) is 2.98. The van der Waals surface area contributed by atoms with E-state index in [-0.39, 0.29) is 11.7 Å². The lowest BCUT2D eigenvalue weighted by Crippen LogP contribution is -2.24. The maximum atomic E-state index is 11.7. The number of pyridine rings is 1. The predicted molar refractivity (Wildman–Crippen MR) is 56.3 cm³/mol. The van der Waals surface area contributed by atoms with Crippen LogP contribution >= 0.6 is 0 Å². The number of anilines is 1. The van der Waals surface area contributed by atoms with Crippen molar-refractivity contribution < 1.29 is 9.32 Å². The molecule has 2 aromatic rings. The molecule has 0 radical (unpaired) electrons. The van der Waals surface area contributed by atoms with Crippen molar-refractivity contribution >= 4 is 11.7 Å². The van der Waals surface area contributed by atoms with Crippen LogP contribution in [0.3, 0.4) is 0 Å². The number of nitrogen functional groups attached to an aromatic ring is 1. The van der Waals surface area contributed by atoms with Crippen molar-refractivity contribution in [3.63, 3.8) is 0 Å². The number of aromatic nitrogens is 2. The number of hydrogen-bond donors (Lipinski definition) is 2. The molecule has 0 aromatic carbocycles. The Morgan fingerprint density at radius 2 is 2.38 bits per heavy atom. The molecular formula is C10H10N4O2. The second-order valence-corrected chi connectivity index (χ2v) is 3.11. The monoisotopic (exact) mass is 218 g/mol. The van der Waals surface area contributed by atoms with Crippen molar-refractivity contribution in [1.82, 2.24) is 15.5 Å². The highest BCUT2D eigenvalue weighted by molar-refractivity contribution is 5.98. The Kier molecular flexibility index (Phi) is 2.81. The fraction of sp³-hybridized carbons (Fsp3) is 0.100. The first kappa shape index (κ1) is 10.2. The van der Waals surface area contributed by atoms with Crippen LogP contribution in [0.5, 0.6) is 0 Å². The molecule has 2 aromatic heterocycles. The van der Waals surface area contributed by atoms with Crippen LogP contribution in [-0.2, 0) is 6.54 Å². The molecule has 2 heterocycles. The minimum Gasteiger partial charge on any atom is -0.383 e. The molecule has 16 heavy (non-hydrogen) atoms. The number of nitrogens with zero attached hydrogens (tertiary/aromatic N) is 2. The van der Waals surface area contributed by atoms with Gasteiger partial charge in [0.15, 0.2) is 0 Å². The van der Waals surface area contributed by atoms with E-state index >= 15 is 0 Å². The lowest BCUT2D eigenvalue weighted by molar-refractivity contribution is 0.0950. The normalized spacial score (nSPS) is 10.0. The molecule has 82 valence electrons. The van der Waals surface area contributed by atoms with Crippen LogP contribution in [0.25, 0.3) is 0 Å². The van der Waals surface area contributed by atoms with Crippen molar-refractivity contribution in [2.45, 2.75) is 6.54 Å². The van der Waals surface area contributed by atoms with Crippen molar-refractivity contribution in [2.24, 2.45) is 0 Å². The van der Waals surface area contributed by atoms with Crippen LogP contribution < -0.4 is 11.1 Å². The summed E-state index contributed by atoms with van der Waals surface area (Å²) >= 11 is 0. The van der Waals surface area contributed by atoms with E-state index in [9.17, 15) is 4.79 Å². The number of carbonyl (C=O) groups excluding carboxylic acids is 1. The number of nitrogens with one attached hydrogen (secondary N) is 1. The van der Waals surface area contributed by atoms with Crippen molar-refractivity contribution in [2.75, 3.05) is 5.73 Å². The second-order valence-electron chi connectivity index (χ2n) is 3.11. The van der Waals surface area contributed by atoms with E-state index in [2.05, 4.69) is 20.0 Å². The van der Waals surface area contributed by atoms with Gasteiger partial charge < -0.3 is 15.6 Å². The Bertz CT molecular complexity index is 481. The molecule has 6 nitrogen and oxygen atoms in total. The van der Waals surface area contributed by atoms with E-state index in [1.54, 1.807) is 18.2 Å². The Labute approximate surface area is 91.5 Å². The molecule has 0 saturated heterocycles. The Balaban J connectivity index is 2.01. The Hall–Kier alpha value is -2.37. The molecule has 0 fully saturated rings. The fourth-order valence-electron chi connectivity index (χ4n) is 1.20. The third kappa shape index (κ3) is 2.17. The molecule has 3 N–H and O–H groups in total. The van der Waals surface area contributed by atoms with Gasteiger partial charge in [0, 0.05) is 12.3 Å². The van der Waals surface area contributed by atoms with Crippen molar-refractivity contribution in [1.29, 1.82) is 0 Å². The topological polar surface area (TPSA) is 94.0 Å². The summed E-state index contributed by atoms with van der Waals surface area (Å²) < 4.78 is 4.64. The maximum absolute atomic E-state index is 11.7. The first-order valence-corrected chi connectivity index (χ1v) is 4.65. The first-order valence-electron chi connectivity index (χ1n) is 4.65. The van der Waals surface area contributed by atoms with Gasteiger partial charge in [-0.15, -0.1) is 0 Å². The molecule has 0 bridgehead atoms. The van der Waals surface area contributed by atoms with Gasteiger partial charge in [-0.1, -0.05) is 5.16 Å². The minimum absolute atomic E-state index is 0.208. The van der Waals surface area contributed by atoms with Gasteiger partial charge in [-0.3, -0.25) is 4.79 Å². The van der Waals surface area contributed by atoms with Gasteiger partial charge >= 0.3 is 0 Å². The zero-order chi connectivity index (χ0) is 11.4. The molecule has 0 aliphatic heterocycles. The SMILES string of the molecule is Nc1ncccc1C(=O)NCc1ccon1. The van der Waals surface area contributed by atoms with Gasteiger partial charge in [0.25, 0.3) is 5.91 Å². The zero-order valence-corrected chi connectivity index (χ0v) is 8.38. The standard InChI is InChI=1S/C10H10N4O2/c11-9-8(2-1-4-12-9)10(15)13-6-7-3-5-16-14-7/h1-5H,6H2,(H2,11,12)(H,13,15). The maximum Gasteiger partial charge on any atom is 0.255 e. The number of nitrogens with two attached hydrogens (primary N) is 1. The number of hydrogen-bond acceptors (Lipinski definition) is 5. The van der Waals surface area contributed by atoms with E-state index in [0.717, 1.165) is 0 Å². The van der Waals surface area contributed by atoms with Crippen molar-refractivity contribution in [3.05, 3.63) is 41.9 Å². The third-order valence-corrected chi connectivity index (χ3v) is 2.00. The summed E-state index contributed by atoms with van der Waals surface area (Å²) in [7, 11) is 0. The smallest absolute Gasteiger partial charge is 0.255 e. The van der Waals surface area contributed by atoms with E-state index in [0.29, 0.717) is 17.8 Å². The fourth-order valence-corrected chi connectivity index (χ4v) is 1.20. The van der Waals surface area contributed by atoms with Gasteiger partial charge in [0.1, 0.15) is 17.8 Å². The molecule has 1 amide bonds. The van der Waals surface area contributed by atoms with Gasteiger partial charge in [-0.05, 0) is 12.1 Å². The van der Waals surface area contributed by atoms with Crippen LogP contribution in [0, 0.1) is 0 Å². The molecule has 6 heteroatoms. The average Bonchev–Trinajstić information content (AvgIpc) is 2.79. The molecule has 0 unspecified atom stereocenters. The summed E-state index contributed by atoms with van der Waals surface area (Å²) in [6, 6.07) is 4.94. The number of rotatable bonds is 3. The lowest BCUT2D eigenvalue weighted by Gasteiger charge is -2.04. The largest absolute Gasteiger partial charge is 0.383 e. The summed E-state index contributed by atoms with van der Waals surface area (Å²) in [5.41, 5.74) is 6.57. The molecular weight excluding hydrogens is 208 g/mol. The second kappa shape index (κ2) is 4.43. The summed E-state index contributed by atoms with van der Waals surface area (Å²) in [4.78, 5) is 15.5. The summed E-state index contributed by atoms with van der Waals surface area (Å²) in [6.45, 7) is 0.295. The average molecular weight is 218 g/mol. The number of carbonyl (C=O) groups is 1. The minimum atomic E-state index is -0.284. The summed E-state index contributed by atoms with van der Waals surface area (Å²) in [5, 5.41) is 6.33. The summed E-state index contributed by atoms with van der Waals surface area (Å²) in [5.74, 6) is -0.0752. The van der Waals surface area contributed by atoms with Gasteiger partial charge in [-0.25, -0.2) is 4.98 Å². The molecule has 0 saturated carbocycles. The first-order chi connectivity index (χ1) is 7.77.